The van der Waals surface area contributed by atoms with E-state index in [1.54, 1.807) is 6.07 Å². The van der Waals surface area contributed by atoms with Gasteiger partial charge in [-0.3, -0.25) is 5.43 Å². The van der Waals surface area contributed by atoms with E-state index >= 15 is 0 Å². The second-order valence-corrected chi connectivity index (χ2v) is 3.93. The van der Waals surface area contributed by atoms with Gasteiger partial charge in [0.2, 0.25) is 11.9 Å². The number of anilines is 3. The zero-order valence-electron chi connectivity index (χ0n) is 11.1. The van der Waals surface area contributed by atoms with Crippen LogP contribution in [0.2, 0.25) is 0 Å². The van der Waals surface area contributed by atoms with E-state index in [1.807, 2.05) is 13.8 Å². The van der Waals surface area contributed by atoms with Crippen LogP contribution in [0.4, 0.5) is 22.0 Å². The van der Waals surface area contributed by atoms with E-state index in [9.17, 15) is 4.39 Å². The molecule has 7 nitrogen and oxygen atoms in total. The van der Waals surface area contributed by atoms with Crippen molar-refractivity contribution in [1.29, 1.82) is 0 Å². The average molecular weight is 278 g/mol. The molecule has 8 heteroatoms. The molecule has 2 aromatic rings. The highest BCUT2D eigenvalue weighted by Gasteiger charge is 2.08. The highest BCUT2D eigenvalue weighted by Crippen LogP contribution is 2.20. The number of aromatic nitrogens is 3. The quantitative estimate of drug-likeness (QED) is 0.566. The van der Waals surface area contributed by atoms with Crippen LogP contribution in [-0.2, 0) is 0 Å². The van der Waals surface area contributed by atoms with Gasteiger partial charge in [-0.25, -0.2) is 10.2 Å². The van der Waals surface area contributed by atoms with Crippen molar-refractivity contribution in [2.75, 3.05) is 17.3 Å². The summed E-state index contributed by atoms with van der Waals surface area (Å²) in [6.07, 6.45) is 0. The van der Waals surface area contributed by atoms with Gasteiger partial charge in [0.1, 0.15) is 5.82 Å². The lowest BCUT2D eigenvalue weighted by Gasteiger charge is -2.10. The van der Waals surface area contributed by atoms with Crippen molar-refractivity contribution in [2.45, 2.75) is 13.8 Å². The first-order valence-corrected chi connectivity index (χ1v) is 6.01. The Morgan fingerprint density at radius 2 is 2.00 bits per heavy atom. The van der Waals surface area contributed by atoms with Crippen LogP contribution in [0.3, 0.4) is 0 Å². The molecule has 0 aliphatic carbocycles. The summed E-state index contributed by atoms with van der Waals surface area (Å²) in [7, 11) is 0. The molecule has 1 aromatic carbocycles. The molecule has 0 saturated carbocycles. The summed E-state index contributed by atoms with van der Waals surface area (Å²) in [4.78, 5) is 12.0. The minimum Gasteiger partial charge on any atom is -0.464 e. The van der Waals surface area contributed by atoms with E-state index in [0.29, 0.717) is 12.3 Å². The Kier molecular flexibility index (Phi) is 4.26. The first kappa shape index (κ1) is 13.9. The van der Waals surface area contributed by atoms with Gasteiger partial charge in [0.15, 0.2) is 0 Å². The van der Waals surface area contributed by atoms with Crippen LogP contribution in [-0.4, -0.2) is 21.6 Å². The molecule has 4 N–H and O–H groups in total. The van der Waals surface area contributed by atoms with E-state index in [2.05, 4.69) is 25.7 Å². The Hall–Kier alpha value is -2.48. The second-order valence-electron chi connectivity index (χ2n) is 3.93. The molecule has 0 aliphatic rings. The van der Waals surface area contributed by atoms with Gasteiger partial charge in [-0.1, -0.05) is 6.07 Å². The maximum absolute atomic E-state index is 13.2. The summed E-state index contributed by atoms with van der Waals surface area (Å²) in [5.41, 5.74) is 3.73. The second kappa shape index (κ2) is 6.11. The monoisotopic (exact) mass is 278 g/mol. The number of rotatable bonds is 5. The van der Waals surface area contributed by atoms with Crippen LogP contribution >= 0.6 is 0 Å². The SMILES string of the molecule is CCOc1nc(NN)nc(Nc2cc(F)ccc2C)n1. The van der Waals surface area contributed by atoms with Crippen LogP contribution in [0.15, 0.2) is 18.2 Å². The van der Waals surface area contributed by atoms with Crippen LogP contribution in [0.25, 0.3) is 0 Å². The molecular formula is C12H15FN6O. The standard InChI is InChI=1S/C12H15FN6O/c1-3-20-12-17-10(16-11(18-12)19-14)15-9-6-8(13)5-4-7(9)2/h4-6H,3,14H2,1-2H3,(H2,15,16,17,18,19). The number of nitrogens with two attached hydrogens (primary N) is 1. The molecule has 0 spiro atoms. The summed E-state index contributed by atoms with van der Waals surface area (Å²) in [5.74, 6) is 5.30. The Morgan fingerprint density at radius 3 is 2.70 bits per heavy atom. The smallest absolute Gasteiger partial charge is 0.323 e. The van der Waals surface area contributed by atoms with Crippen molar-refractivity contribution in [3.8, 4) is 6.01 Å². The summed E-state index contributed by atoms with van der Waals surface area (Å²) >= 11 is 0. The molecule has 1 aromatic heterocycles. The molecule has 0 amide bonds. The van der Waals surface area contributed by atoms with Crippen molar-refractivity contribution in [1.82, 2.24) is 15.0 Å². The number of hydrogen-bond donors (Lipinski definition) is 3. The number of nitrogen functional groups attached to an aromatic ring is 1. The molecular weight excluding hydrogens is 263 g/mol. The van der Waals surface area contributed by atoms with Gasteiger partial charge in [0.05, 0.1) is 6.61 Å². The van der Waals surface area contributed by atoms with Gasteiger partial charge in [-0.15, -0.1) is 0 Å². The number of halogens is 1. The maximum atomic E-state index is 13.2. The van der Waals surface area contributed by atoms with E-state index in [0.717, 1.165) is 5.56 Å². The topological polar surface area (TPSA) is 98.0 Å². The van der Waals surface area contributed by atoms with Crippen molar-refractivity contribution in [2.24, 2.45) is 5.84 Å². The predicted octanol–water partition coefficient (Wildman–Crippen LogP) is 1.75. The van der Waals surface area contributed by atoms with Gasteiger partial charge < -0.3 is 10.1 Å². The Labute approximate surface area is 115 Å². The average Bonchev–Trinajstić information content (AvgIpc) is 2.43. The molecule has 106 valence electrons. The lowest BCUT2D eigenvalue weighted by molar-refractivity contribution is 0.312. The molecule has 0 unspecified atom stereocenters. The van der Waals surface area contributed by atoms with Crippen LogP contribution in [0.1, 0.15) is 12.5 Å². The van der Waals surface area contributed by atoms with E-state index in [4.69, 9.17) is 10.6 Å². The maximum Gasteiger partial charge on any atom is 0.323 e. The van der Waals surface area contributed by atoms with Gasteiger partial charge in [-0.2, -0.15) is 15.0 Å². The molecule has 1 heterocycles. The number of nitrogens with zero attached hydrogens (tertiary/aromatic N) is 3. The Bertz CT molecular complexity index is 606. The summed E-state index contributed by atoms with van der Waals surface area (Å²) in [5, 5.41) is 2.91. The highest BCUT2D eigenvalue weighted by atomic mass is 19.1. The van der Waals surface area contributed by atoms with Crippen LogP contribution in [0.5, 0.6) is 6.01 Å². The fraction of sp³-hybridized carbons (Fsp3) is 0.250. The number of ether oxygens (including phenoxy) is 1. The Morgan fingerprint density at radius 1 is 1.25 bits per heavy atom. The third-order valence-corrected chi connectivity index (χ3v) is 2.46. The van der Waals surface area contributed by atoms with Gasteiger partial charge in [0, 0.05) is 5.69 Å². The lowest BCUT2D eigenvalue weighted by atomic mass is 10.2. The van der Waals surface area contributed by atoms with Gasteiger partial charge in [0.25, 0.3) is 0 Å². The van der Waals surface area contributed by atoms with E-state index in [-0.39, 0.29) is 23.7 Å². The van der Waals surface area contributed by atoms with Gasteiger partial charge in [-0.05, 0) is 31.5 Å². The van der Waals surface area contributed by atoms with Crippen LogP contribution in [0, 0.1) is 12.7 Å². The van der Waals surface area contributed by atoms with Crippen molar-refractivity contribution in [3.63, 3.8) is 0 Å². The number of hydrogen-bond acceptors (Lipinski definition) is 7. The fourth-order valence-corrected chi connectivity index (χ4v) is 1.52. The number of hydrazine groups is 1. The predicted molar refractivity (Wildman–Crippen MR) is 73.2 cm³/mol. The van der Waals surface area contributed by atoms with Gasteiger partial charge >= 0.3 is 6.01 Å². The third kappa shape index (κ3) is 3.29. The highest BCUT2D eigenvalue weighted by molar-refractivity contribution is 5.58. The molecule has 0 fully saturated rings. The minimum absolute atomic E-state index is 0.131. The number of benzene rings is 1. The minimum atomic E-state index is -0.352. The molecule has 0 bridgehead atoms. The molecule has 0 radical (unpaired) electrons. The first-order chi connectivity index (χ1) is 9.62. The van der Waals surface area contributed by atoms with Crippen molar-refractivity contribution >= 4 is 17.6 Å². The molecule has 0 saturated heterocycles. The van der Waals surface area contributed by atoms with Crippen molar-refractivity contribution in [3.05, 3.63) is 29.6 Å². The molecule has 20 heavy (non-hydrogen) atoms. The zero-order valence-corrected chi connectivity index (χ0v) is 11.1. The third-order valence-electron chi connectivity index (χ3n) is 2.46. The largest absolute Gasteiger partial charge is 0.464 e. The zero-order chi connectivity index (χ0) is 14.5. The fourth-order valence-electron chi connectivity index (χ4n) is 1.52. The summed E-state index contributed by atoms with van der Waals surface area (Å²) < 4.78 is 18.5. The first-order valence-electron chi connectivity index (χ1n) is 6.01. The molecule has 0 atom stereocenters. The van der Waals surface area contributed by atoms with E-state index in [1.165, 1.54) is 12.1 Å². The number of nitrogens with one attached hydrogen (secondary N) is 2. The lowest BCUT2D eigenvalue weighted by Crippen LogP contribution is -2.13. The van der Waals surface area contributed by atoms with E-state index < -0.39 is 0 Å². The van der Waals surface area contributed by atoms with Crippen LogP contribution < -0.4 is 21.3 Å². The molecule has 2 rings (SSSR count). The van der Waals surface area contributed by atoms with Crippen molar-refractivity contribution < 1.29 is 9.13 Å². The molecule has 0 aliphatic heterocycles. The normalized spacial score (nSPS) is 10.2. The summed E-state index contributed by atoms with van der Waals surface area (Å²) in [6, 6.07) is 4.53. The number of aryl methyl sites for hydroxylation is 1. The Balaban J connectivity index is 2.32. The summed E-state index contributed by atoms with van der Waals surface area (Å²) in [6.45, 7) is 4.06.